The van der Waals surface area contributed by atoms with Crippen molar-refractivity contribution in [3.05, 3.63) is 119 Å². The van der Waals surface area contributed by atoms with Crippen LogP contribution in [0.2, 0.25) is 0 Å². The number of para-hydroxylation sites is 1. The van der Waals surface area contributed by atoms with Gasteiger partial charge in [0.05, 0.1) is 12.1 Å². The standard InChI is InChI=1S/C29H23N5O3/c1-19-26(28(35)36)27(25-13-7-9-21-8-5-6-12-24(21)25)34-29(30-31-32-34)33(19)18-20-14-16-23(17-15-20)37-22-10-3-2-4-11-22/h2-17,27H,18H2,1H3,(H,35,36). The van der Waals surface area contributed by atoms with Gasteiger partial charge in [0.25, 0.3) is 5.95 Å². The minimum absolute atomic E-state index is 0.236. The van der Waals surface area contributed by atoms with Crippen molar-refractivity contribution in [2.45, 2.75) is 19.5 Å². The summed E-state index contributed by atoms with van der Waals surface area (Å²) in [5.74, 6) is 0.959. The molecule has 0 fully saturated rings. The average Bonchev–Trinajstić information content (AvgIpc) is 3.41. The number of fused-ring (bicyclic) bond motifs is 2. The van der Waals surface area contributed by atoms with Crippen molar-refractivity contribution >= 4 is 22.7 Å². The molecule has 2 heterocycles. The first-order chi connectivity index (χ1) is 18.1. The Morgan fingerprint density at radius 3 is 2.38 bits per heavy atom. The first-order valence-corrected chi connectivity index (χ1v) is 11.9. The fraction of sp³-hybridized carbons (Fsp3) is 0.103. The number of hydrogen-bond donors (Lipinski definition) is 1. The number of ether oxygens (including phenoxy) is 1. The predicted octanol–water partition coefficient (Wildman–Crippen LogP) is 5.59. The van der Waals surface area contributed by atoms with Crippen molar-refractivity contribution in [3.8, 4) is 11.5 Å². The van der Waals surface area contributed by atoms with Crippen LogP contribution >= 0.6 is 0 Å². The van der Waals surface area contributed by atoms with Crippen LogP contribution in [0.5, 0.6) is 11.5 Å². The van der Waals surface area contributed by atoms with Gasteiger partial charge < -0.3 is 14.7 Å². The van der Waals surface area contributed by atoms with Gasteiger partial charge in [0.1, 0.15) is 17.5 Å². The Labute approximate surface area is 213 Å². The van der Waals surface area contributed by atoms with Gasteiger partial charge in [0, 0.05) is 5.70 Å². The summed E-state index contributed by atoms with van der Waals surface area (Å²) in [4.78, 5) is 14.5. The average molecular weight is 490 g/mol. The normalized spacial score (nSPS) is 15.1. The Bertz CT molecular complexity index is 1620. The highest BCUT2D eigenvalue weighted by molar-refractivity contribution is 5.94. The van der Waals surface area contributed by atoms with Crippen molar-refractivity contribution in [1.29, 1.82) is 0 Å². The van der Waals surface area contributed by atoms with E-state index >= 15 is 0 Å². The summed E-state index contributed by atoms with van der Waals surface area (Å²) in [7, 11) is 0. The summed E-state index contributed by atoms with van der Waals surface area (Å²) < 4.78 is 7.50. The van der Waals surface area contributed by atoms with Crippen LogP contribution < -0.4 is 9.64 Å². The van der Waals surface area contributed by atoms with Crippen LogP contribution in [0.1, 0.15) is 24.1 Å². The van der Waals surface area contributed by atoms with E-state index in [1.165, 1.54) is 0 Å². The lowest BCUT2D eigenvalue weighted by Crippen LogP contribution is -2.36. The second-order valence-electron chi connectivity index (χ2n) is 8.84. The van der Waals surface area contributed by atoms with Crippen LogP contribution in [0, 0.1) is 0 Å². The molecule has 1 aliphatic heterocycles. The number of benzene rings is 4. The minimum Gasteiger partial charge on any atom is -0.478 e. The molecule has 1 aliphatic rings. The zero-order valence-electron chi connectivity index (χ0n) is 20.0. The van der Waals surface area contributed by atoms with Gasteiger partial charge in [-0.25, -0.2) is 4.79 Å². The number of carboxylic acid groups (broad SMARTS) is 1. The molecule has 0 saturated heterocycles. The molecule has 1 aromatic heterocycles. The third kappa shape index (κ3) is 4.08. The highest BCUT2D eigenvalue weighted by Crippen LogP contribution is 2.40. The van der Waals surface area contributed by atoms with Crippen LogP contribution in [0.4, 0.5) is 5.95 Å². The smallest absolute Gasteiger partial charge is 0.335 e. The largest absolute Gasteiger partial charge is 0.478 e. The van der Waals surface area contributed by atoms with Crippen molar-refractivity contribution in [3.63, 3.8) is 0 Å². The van der Waals surface area contributed by atoms with Crippen molar-refractivity contribution < 1.29 is 14.6 Å². The van der Waals surface area contributed by atoms with Crippen LogP contribution in [0.25, 0.3) is 10.8 Å². The first kappa shape index (κ1) is 22.5. The number of hydrogen-bond acceptors (Lipinski definition) is 6. The van der Waals surface area contributed by atoms with E-state index in [-0.39, 0.29) is 5.57 Å². The molecule has 8 heteroatoms. The van der Waals surface area contributed by atoms with E-state index in [1.54, 1.807) is 4.68 Å². The van der Waals surface area contributed by atoms with E-state index in [9.17, 15) is 9.90 Å². The number of aliphatic carboxylic acids is 1. The third-order valence-electron chi connectivity index (χ3n) is 6.62. The summed E-state index contributed by atoms with van der Waals surface area (Å²) in [5.41, 5.74) is 2.63. The molecule has 0 spiro atoms. The van der Waals surface area contributed by atoms with E-state index < -0.39 is 12.0 Å². The van der Waals surface area contributed by atoms with E-state index in [0.29, 0.717) is 23.9 Å². The topological polar surface area (TPSA) is 93.4 Å². The quantitative estimate of drug-likeness (QED) is 0.332. The molecule has 37 heavy (non-hydrogen) atoms. The SMILES string of the molecule is CC1=C(C(=O)O)C(c2cccc3ccccc23)n2nnnc2N1Cc1ccc(Oc2ccccc2)cc1. The molecule has 0 amide bonds. The Morgan fingerprint density at radius 2 is 1.59 bits per heavy atom. The second kappa shape index (κ2) is 9.23. The molecule has 1 unspecified atom stereocenters. The molecule has 0 bridgehead atoms. The monoisotopic (exact) mass is 489 g/mol. The van der Waals surface area contributed by atoms with Gasteiger partial charge in [-0.2, -0.15) is 4.68 Å². The Kier molecular flexibility index (Phi) is 5.61. The molecule has 0 saturated carbocycles. The Balaban J connectivity index is 1.37. The summed E-state index contributed by atoms with van der Waals surface area (Å²) in [6.45, 7) is 2.21. The van der Waals surface area contributed by atoms with Crippen molar-refractivity contribution in [1.82, 2.24) is 20.2 Å². The van der Waals surface area contributed by atoms with Gasteiger partial charge in [-0.15, -0.1) is 0 Å². The van der Waals surface area contributed by atoms with Gasteiger partial charge in [-0.3, -0.25) is 0 Å². The molecule has 182 valence electrons. The highest BCUT2D eigenvalue weighted by atomic mass is 16.5. The second-order valence-corrected chi connectivity index (χ2v) is 8.84. The highest BCUT2D eigenvalue weighted by Gasteiger charge is 2.38. The van der Waals surface area contributed by atoms with Crippen LogP contribution in [0.3, 0.4) is 0 Å². The predicted molar refractivity (Wildman–Crippen MR) is 139 cm³/mol. The lowest BCUT2D eigenvalue weighted by molar-refractivity contribution is -0.133. The van der Waals surface area contributed by atoms with Gasteiger partial charge in [0.2, 0.25) is 0 Å². The molecule has 0 aliphatic carbocycles. The lowest BCUT2D eigenvalue weighted by Gasteiger charge is -2.34. The zero-order chi connectivity index (χ0) is 25.4. The number of aromatic nitrogens is 4. The number of rotatable bonds is 6. The lowest BCUT2D eigenvalue weighted by atomic mass is 9.91. The molecule has 1 atom stereocenters. The maximum atomic E-state index is 12.6. The van der Waals surface area contributed by atoms with Crippen molar-refractivity contribution in [2.24, 2.45) is 0 Å². The maximum absolute atomic E-state index is 12.6. The molecule has 0 radical (unpaired) electrons. The number of allylic oxidation sites excluding steroid dienone is 1. The number of carbonyl (C=O) groups is 1. The number of tetrazole rings is 1. The van der Waals surface area contributed by atoms with E-state index in [4.69, 9.17) is 4.74 Å². The third-order valence-corrected chi connectivity index (χ3v) is 6.62. The van der Waals surface area contributed by atoms with E-state index in [0.717, 1.165) is 27.6 Å². The molecular weight excluding hydrogens is 466 g/mol. The molecular formula is C29H23N5O3. The molecule has 6 rings (SSSR count). The van der Waals surface area contributed by atoms with Gasteiger partial charge >= 0.3 is 5.97 Å². The van der Waals surface area contributed by atoms with E-state index in [1.807, 2.05) is 109 Å². The van der Waals surface area contributed by atoms with Gasteiger partial charge in [-0.1, -0.05) is 77.9 Å². The fourth-order valence-corrected chi connectivity index (χ4v) is 4.86. The van der Waals surface area contributed by atoms with Crippen LogP contribution in [-0.2, 0) is 11.3 Å². The Hall–Kier alpha value is -4.98. The number of anilines is 1. The first-order valence-electron chi connectivity index (χ1n) is 11.9. The summed E-state index contributed by atoms with van der Waals surface area (Å²) >= 11 is 0. The molecule has 8 nitrogen and oxygen atoms in total. The minimum atomic E-state index is -1.01. The van der Waals surface area contributed by atoms with Gasteiger partial charge in [0.15, 0.2) is 0 Å². The maximum Gasteiger partial charge on any atom is 0.335 e. The zero-order valence-corrected chi connectivity index (χ0v) is 20.0. The van der Waals surface area contributed by atoms with Crippen LogP contribution in [-0.4, -0.2) is 31.3 Å². The molecule has 4 aromatic carbocycles. The summed E-state index contributed by atoms with van der Waals surface area (Å²) in [6, 6.07) is 30.4. The summed E-state index contributed by atoms with van der Waals surface area (Å²) in [6.07, 6.45) is 0. The number of carboxylic acids is 1. The summed E-state index contributed by atoms with van der Waals surface area (Å²) in [5, 5.41) is 24.8. The molecule has 1 N–H and O–H groups in total. The fourth-order valence-electron chi connectivity index (χ4n) is 4.86. The Morgan fingerprint density at radius 1 is 0.892 bits per heavy atom. The van der Waals surface area contributed by atoms with E-state index in [2.05, 4.69) is 15.5 Å². The molecule has 5 aromatic rings. The van der Waals surface area contributed by atoms with Gasteiger partial charge in [-0.05, 0) is 63.5 Å². The number of nitrogens with zero attached hydrogens (tertiary/aromatic N) is 5. The van der Waals surface area contributed by atoms with Crippen molar-refractivity contribution in [2.75, 3.05) is 4.90 Å². The van der Waals surface area contributed by atoms with Crippen LogP contribution in [0.15, 0.2) is 108 Å².